The van der Waals surface area contributed by atoms with Crippen molar-refractivity contribution in [3.63, 3.8) is 0 Å². The van der Waals surface area contributed by atoms with Gasteiger partial charge in [-0.3, -0.25) is 4.99 Å². The predicted molar refractivity (Wildman–Crippen MR) is 136 cm³/mol. The third-order valence-electron chi connectivity index (χ3n) is 5.50. The van der Waals surface area contributed by atoms with Gasteiger partial charge in [-0.25, -0.2) is 4.98 Å². The van der Waals surface area contributed by atoms with Gasteiger partial charge in [0.25, 0.3) is 0 Å². The van der Waals surface area contributed by atoms with Crippen LogP contribution in [0.4, 0.5) is 0 Å². The van der Waals surface area contributed by atoms with Crippen molar-refractivity contribution in [3.8, 4) is 0 Å². The van der Waals surface area contributed by atoms with E-state index in [1.807, 2.05) is 14.0 Å². The van der Waals surface area contributed by atoms with Gasteiger partial charge in [-0.2, -0.15) is 0 Å². The SMILES string of the molecule is CN=C(NCC1(NC(C)c2ccccc2)CCOCC1)N(C)Cc1csc(C)n1.I. The molecule has 1 saturated heterocycles. The van der Waals surface area contributed by atoms with Crippen molar-refractivity contribution in [2.75, 3.05) is 33.9 Å². The zero-order valence-electron chi connectivity index (χ0n) is 18.4. The first-order chi connectivity index (χ1) is 14.0. The van der Waals surface area contributed by atoms with Gasteiger partial charge in [-0.05, 0) is 32.3 Å². The Bertz CT molecular complexity index is 792. The number of aryl methyl sites for hydroxylation is 1. The van der Waals surface area contributed by atoms with E-state index >= 15 is 0 Å². The van der Waals surface area contributed by atoms with E-state index in [2.05, 4.69) is 75.2 Å². The molecule has 1 aliphatic heterocycles. The molecule has 8 heteroatoms. The molecule has 1 unspecified atom stereocenters. The van der Waals surface area contributed by atoms with Gasteiger partial charge in [0.2, 0.25) is 0 Å². The Kier molecular flexibility index (Phi) is 9.99. The van der Waals surface area contributed by atoms with Crippen LogP contribution in [-0.4, -0.2) is 55.2 Å². The number of thiazole rings is 1. The van der Waals surface area contributed by atoms with Gasteiger partial charge in [0.15, 0.2) is 5.96 Å². The Balaban J connectivity index is 0.00000320. The molecule has 0 spiro atoms. The average Bonchev–Trinajstić information content (AvgIpc) is 3.14. The van der Waals surface area contributed by atoms with Gasteiger partial charge in [0.05, 0.1) is 17.2 Å². The standard InChI is InChI=1S/C22H33N5OS.HI/c1-17(19-8-6-5-7-9-19)26-22(10-12-28-13-11-22)16-24-21(23-3)27(4)14-20-15-29-18(2)25-20;/h5-9,15,17,26H,10-14,16H2,1-4H3,(H,23,24);1H. The molecular weight excluding hydrogens is 509 g/mol. The second-order valence-corrected chi connectivity index (χ2v) is 8.85. The van der Waals surface area contributed by atoms with Gasteiger partial charge in [-0.1, -0.05) is 30.3 Å². The fourth-order valence-electron chi connectivity index (χ4n) is 3.85. The molecule has 0 radical (unpaired) electrons. The van der Waals surface area contributed by atoms with Gasteiger partial charge < -0.3 is 20.3 Å². The van der Waals surface area contributed by atoms with Crippen molar-refractivity contribution in [2.45, 2.75) is 44.8 Å². The summed E-state index contributed by atoms with van der Waals surface area (Å²) in [4.78, 5) is 11.2. The molecule has 1 aromatic heterocycles. The lowest BCUT2D eigenvalue weighted by Gasteiger charge is -2.41. The average molecular weight is 544 g/mol. The zero-order chi connectivity index (χ0) is 20.7. The number of rotatable bonds is 7. The summed E-state index contributed by atoms with van der Waals surface area (Å²) in [6, 6.07) is 10.9. The number of nitrogens with one attached hydrogen (secondary N) is 2. The highest BCUT2D eigenvalue weighted by Gasteiger charge is 2.34. The lowest BCUT2D eigenvalue weighted by atomic mass is 9.88. The second kappa shape index (κ2) is 12.0. The molecule has 2 heterocycles. The number of halogens is 1. The topological polar surface area (TPSA) is 61.8 Å². The Labute approximate surface area is 201 Å². The summed E-state index contributed by atoms with van der Waals surface area (Å²) in [5.41, 5.74) is 2.36. The highest BCUT2D eigenvalue weighted by molar-refractivity contribution is 14.0. The normalized spacial score (nSPS) is 17.1. The van der Waals surface area contributed by atoms with E-state index in [0.717, 1.165) is 55.8 Å². The minimum atomic E-state index is -0.0263. The number of benzene rings is 1. The quantitative estimate of drug-likeness (QED) is 0.315. The highest BCUT2D eigenvalue weighted by atomic mass is 127. The summed E-state index contributed by atoms with van der Waals surface area (Å²) in [7, 11) is 3.89. The molecule has 6 nitrogen and oxygen atoms in total. The Morgan fingerprint density at radius 1 is 1.30 bits per heavy atom. The summed E-state index contributed by atoms with van der Waals surface area (Å²) in [5, 5.41) is 10.7. The molecule has 0 saturated carbocycles. The van der Waals surface area contributed by atoms with Crippen molar-refractivity contribution in [1.29, 1.82) is 0 Å². The van der Waals surface area contributed by atoms with Crippen molar-refractivity contribution in [3.05, 3.63) is 52.0 Å². The molecule has 0 aliphatic carbocycles. The van der Waals surface area contributed by atoms with E-state index in [9.17, 15) is 0 Å². The summed E-state index contributed by atoms with van der Waals surface area (Å²) in [5.74, 6) is 0.885. The van der Waals surface area contributed by atoms with Crippen molar-refractivity contribution in [1.82, 2.24) is 20.5 Å². The van der Waals surface area contributed by atoms with Gasteiger partial charge in [-0.15, -0.1) is 35.3 Å². The van der Waals surface area contributed by atoms with Crippen LogP contribution in [0.1, 0.15) is 42.1 Å². The van der Waals surface area contributed by atoms with Crippen LogP contribution in [0.15, 0.2) is 40.7 Å². The maximum Gasteiger partial charge on any atom is 0.193 e. The van der Waals surface area contributed by atoms with Gasteiger partial charge in [0.1, 0.15) is 0 Å². The molecule has 0 amide bonds. The van der Waals surface area contributed by atoms with Gasteiger partial charge in [0, 0.05) is 50.8 Å². The van der Waals surface area contributed by atoms with Crippen LogP contribution in [0.3, 0.4) is 0 Å². The minimum Gasteiger partial charge on any atom is -0.381 e. The first kappa shape index (κ1) is 25.0. The van der Waals surface area contributed by atoms with E-state index in [1.54, 1.807) is 11.3 Å². The molecule has 3 rings (SSSR count). The third kappa shape index (κ3) is 6.90. The second-order valence-electron chi connectivity index (χ2n) is 7.78. The van der Waals surface area contributed by atoms with Crippen LogP contribution in [0.2, 0.25) is 0 Å². The molecule has 30 heavy (non-hydrogen) atoms. The first-order valence-corrected chi connectivity index (χ1v) is 11.1. The summed E-state index contributed by atoms with van der Waals surface area (Å²) < 4.78 is 5.66. The number of hydrogen-bond acceptors (Lipinski definition) is 5. The van der Waals surface area contributed by atoms with Crippen LogP contribution >= 0.6 is 35.3 Å². The zero-order valence-corrected chi connectivity index (χ0v) is 21.5. The lowest BCUT2D eigenvalue weighted by Crippen LogP contribution is -2.58. The monoisotopic (exact) mass is 543 g/mol. The van der Waals surface area contributed by atoms with E-state index in [0.29, 0.717) is 0 Å². The fraction of sp³-hybridized carbons (Fsp3) is 0.545. The summed E-state index contributed by atoms with van der Waals surface area (Å²) in [6.07, 6.45) is 1.95. The van der Waals surface area contributed by atoms with Crippen molar-refractivity contribution < 1.29 is 4.74 Å². The molecule has 0 bridgehead atoms. The Morgan fingerprint density at radius 3 is 2.60 bits per heavy atom. The Hall–Kier alpha value is -1.23. The molecule has 1 aromatic carbocycles. The number of guanidine groups is 1. The molecule has 1 atom stereocenters. The van der Waals surface area contributed by atoms with E-state index < -0.39 is 0 Å². The van der Waals surface area contributed by atoms with Crippen molar-refractivity contribution in [2.24, 2.45) is 4.99 Å². The van der Waals surface area contributed by atoms with Crippen LogP contribution in [-0.2, 0) is 11.3 Å². The first-order valence-electron chi connectivity index (χ1n) is 10.2. The lowest BCUT2D eigenvalue weighted by molar-refractivity contribution is 0.0353. The Morgan fingerprint density at radius 2 is 2.00 bits per heavy atom. The summed E-state index contributed by atoms with van der Waals surface area (Å²) >= 11 is 1.68. The summed E-state index contributed by atoms with van der Waals surface area (Å²) in [6.45, 7) is 7.38. The largest absolute Gasteiger partial charge is 0.381 e. The van der Waals surface area contributed by atoms with E-state index in [4.69, 9.17) is 4.74 Å². The number of nitrogens with zero attached hydrogens (tertiary/aromatic N) is 3. The third-order valence-corrected chi connectivity index (χ3v) is 6.32. The predicted octanol–water partition coefficient (Wildman–Crippen LogP) is 3.98. The molecular formula is C22H34IN5OS. The minimum absolute atomic E-state index is 0. The molecule has 1 fully saturated rings. The number of ether oxygens (including phenoxy) is 1. The van der Waals surface area contributed by atoms with E-state index in [1.165, 1.54) is 5.56 Å². The van der Waals surface area contributed by atoms with Crippen molar-refractivity contribution >= 4 is 41.3 Å². The van der Waals surface area contributed by atoms with Gasteiger partial charge >= 0.3 is 0 Å². The van der Waals surface area contributed by atoms with Crippen LogP contribution in [0.5, 0.6) is 0 Å². The van der Waals surface area contributed by atoms with Crippen LogP contribution in [0.25, 0.3) is 0 Å². The fourth-order valence-corrected chi connectivity index (χ4v) is 4.45. The van der Waals surface area contributed by atoms with Crippen LogP contribution < -0.4 is 10.6 Å². The smallest absolute Gasteiger partial charge is 0.193 e. The number of aliphatic imine (C=N–C) groups is 1. The molecule has 166 valence electrons. The molecule has 1 aliphatic rings. The van der Waals surface area contributed by atoms with E-state index in [-0.39, 0.29) is 35.6 Å². The highest BCUT2D eigenvalue weighted by Crippen LogP contribution is 2.25. The molecule has 2 aromatic rings. The van der Waals surface area contributed by atoms with Crippen LogP contribution in [0, 0.1) is 6.92 Å². The number of hydrogen-bond donors (Lipinski definition) is 2. The maximum absolute atomic E-state index is 5.66. The maximum atomic E-state index is 5.66. The molecule has 2 N–H and O–H groups in total. The number of aromatic nitrogens is 1.